The van der Waals surface area contributed by atoms with Gasteiger partial charge in [-0.25, -0.2) is 0 Å². The van der Waals surface area contributed by atoms with Crippen molar-refractivity contribution >= 4 is 41.0 Å². The second kappa shape index (κ2) is 14.6. The number of halogens is 1. The molecule has 0 aliphatic carbocycles. The minimum absolute atomic E-state index is 0.0886. The Morgan fingerprint density at radius 1 is 0.958 bits per heavy atom. The molecule has 10 nitrogen and oxygen atoms in total. The summed E-state index contributed by atoms with van der Waals surface area (Å²) in [6.07, 6.45) is 9.06. The van der Waals surface area contributed by atoms with Gasteiger partial charge in [-0.3, -0.25) is 19.2 Å². The second-order valence-electron chi connectivity index (χ2n) is 12.9. The Morgan fingerprint density at radius 3 is 2.48 bits per heavy atom. The number of hydrogen-bond donors (Lipinski definition) is 2. The number of anilines is 1. The van der Waals surface area contributed by atoms with Crippen LogP contribution in [0.3, 0.4) is 0 Å². The van der Waals surface area contributed by atoms with Crippen molar-refractivity contribution in [2.24, 2.45) is 11.8 Å². The first-order valence-electron chi connectivity index (χ1n) is 16.8. The van der Waals surface area contributed by atoms with Gasteiger partial charge in [0.15, 0.2) is 0 Å². The zero-order valence-corrected chi connectivity index (χ0v) is 27.8. The highest BCUT2D eigenvalue weighted by atomic mass is 35.5. The van der Waals surface area contributed by atoms with Crippen molar-refractivity contribution in [2.75, 3.05) is 24.6 Å². The normalized spacial score (nSPS) is 31.1. The molecule has 48 heavy (non-hydrogen) atoms. The molecule has 7 atom stereocenters. The molecule has 6 rings (SSSR count). The molecule has 11 heteroatoms. The topological polar surface area (TPSA) is 125 Å². The number of carbonyl (C=O) groups excluding carboxylic acids is 4. The summed E-state index contributed by atoms with van der Waals surface area (Å²) < 4.78 is 12.8. The molecule has 2 saturated heterocycles. The van der Waals surface area contributed by atoms with Gasteiger partial charge in [-0.1, -0.05) is 91.2 Å². The van der Waals surface area contributed by atoms with E-state index in [1.807, 2.05) is 42.5 Å². The number of nitrogens with one attached hydrogen (secondary N) is 1. The molecule has 0 saturated carbocycles. The quantitative estimate of drug-likeness (QED) is 0.240. The number of carbonyl (C=O) groups is 4. The molecule has 4 aliphatic rings. The highest BCUT2D eigenvalue weighted by molar-refractivity contribution is 6.34. The van der Waals surface area contributed by atoms with Crippen molar-refractivity contribution in [2.45, 2.75) is 75.3 Å². The van der Waals surface area contributed by atoms with Gasteiger partial charge in [0.05, 0.1) is 28.8 Å². The Hall–Kier alpha value is -3.99. The number of nitrogens with zero attached hydrogens (tertiary/aromatic N) is 2. The number of esters is 1. The fraction of sp³-hybridized carbons (Fsp3) is 0.459. The minimum Gasteiger partial charge on any atom is -0.455 e. The van der Waals surface area contributed by atoms with Gasteiger partial charge in [0, 0.05) is 26.1 Å². The second-order valence-corrected chi connectivity index (χ2v) is 13.3. The van der Waals surface area contributed by atoms with E-state index < -0.39 is 47.7 Å². The zero-order chi connectivity index (χ0) is 33.8. The molecule has 0 aromatic heterocycles. The largest absolute Gasteiger partial charge is 0.455 e. The van der Waals surface area contributed by atoms with Crippen LogP contribution >= 0.6 is 11.6 Å². The number of fused-ring (bicyclic) bond motifs is 2. The molecule has 2 fully saturated rings. The molecule has 2 aromatic carbocycles. The fourth-order valence-corrected chi connectivity index (χ4v) is 7.79. The first-order chi connectivity index (χ1) is 23.3. The molecular weight excluding hydrogens is 634 g/mol. The average Bonchev–Trinajstić information content (AvgIpc) is 3.72. The number of ether oxygens (including phenoxy) is 2. The SMILES string of the molecule is C[C@H]1NC(=O)CC/C=C\CN(c2ccccc2Cl)C(=O)[C@@H]2N(CCCCCCO)C(=O)[C@H]3[C@H](C(=O)O[C@@H]1c1ccccc1)[C@@H]1C=C[C@]23O1. The number of likely N-dealkylation sites (tertiary alicyclic amines) is 1. The predicted molar refractivity (Wildman–Crippen MR) is 180 cm³/mol. The highest BCUT2D eigenvalue weighted by Crippen LogP contribution is 2.56. The third kappa shape index (κ3) is 6.41. The van der Waals surface area contributed by atoms with E-state index in [0.29, 0.717) is 35.5 Å². The van der Waals surface area contributed by atoms with Crippen molar-refractivity contribution in [3.63, 3.8) is 0 Å². The van der Waals surface area contributed by atoms with E-state index in [2.05, 4.69) is 5.32 Å². The Balaban J connectivity index is 1.42. The molecule has 0 radical (unpaired) electrons. The number of aliphatic hydroxyl groups excluding tert-OH is 1. The van der Waals surface area contributed by atoms with Crippen molar-refractivity contribution < 1.29 is 33.8 Å². The maximum atomic E-state index is 14.9. The Labute approximate surface area is 285 Å². The minimum atomic E-state index is -1.38. The number of para-hydroxylation sites is 1. The smallest absolute Gasteiger partial charge is 0.313 e. The summed E-state index contributed by atoms with van der Waals surface area (Å²) in [7, 11) is 0. The van der Waals surface area contributed by atoms with Crippen LogP contribution in [0.1, 0.15) is 57.1 Å². The first kappa shape index (κ1) is 33.9. The third-order valence-corrected chi connectivity index (χ3v) is 10.1. The van der Waals surface area contributed by atoms with Gasteiger partial charge in [0.25, 0.3) is 5.91 Å². The number of rotatable bonds is 8. The summed E-state index contributed by atoms with van der Waals surface area (Å²) in [5.41, 5.74) is -0.199. The lowest BCUT2D eigenvalue weighted by atomic mass is 9.74. The van der Waals surface area contributed by atoms with E-state index in [1.54, 1.807) is 53.1 Å². The van der Waals surface area contributed by atoms with Crippen LogP contribution in [0.4, 0.5) is 5.69 Å². The van der Waals surface area contributed by atoms with Crippen molar-refractivity contribution in [3.8, 4) is 0 Å². The van der Waals surface area contributed by atoms with E-state index in [-0.39, 0.29) is 43.8 Å². The standard InChI is InChI=1S/C37H42ClN3O7/c1-24-32(25-14-6-4-7-15-25)47-36(46)30-28-19-20-37(48-28)31(30)34(44)41(22-11-2-3-13-23-42)33(37)35(45)40(27-17-10-9-16-26(27)38)21-12-5-8-18-29(43)39-24/h4-7,9-10,12,14-17,19-20,24,28,30-33,42H,2-3,8,11,13,18,21-23H2,1H3,(H,39,43)/b12-5-/t24-,28+,30-,31-,32+,33+,37-/m1/s1. The number of allylic oxidation sites excluding steroid dienone is 1. The van der Waals surface area contributed by atoms with Crippen molar-refractivity contribution in [1.29, 1.82) is 0 Å². The van der Waals surface area contributed by atoms with Crippen LogP contribution in [0.2, 0.25) is 5.02 Å². The lowest BCUT2D eigenvalue weighted by Crippen LogP contribution is -2.56. The summed E-state index contributed by atoms with van der Waals surface area (Å²) in [5, 5.41) is 12.6. The molecule has 3 amide bonds. The monoisotopic (exact) mass is 675 g/mol. The molecule has 1 spiro atoms. The molecule has 2 aromatic rings. The molecule has 2 N–H and O–H groups in total. The summed E-state index contributed by atoms with van der Waals surface area (Å²) in [5.74, 6) is -3.51. The van der Waals surface area contributed by atoms with Crippen LogP contribution in [0.25, 0.3) is 0 Å². The number of unbranched alkanes of at least 4 members (excludes halogenated alkanes) is 3. The number of amides is 3. The molecule has 254 valence electrons. The number of aliphatic hydroxyl groups is 1. The zero-order valence-electron chi connectivity index (χ0n) is 27.0. The maximum absolute atomic E-state index is 14.9. The third-order valence-electron chi connectivity index (χ3n) is 9.80. The van der Waals surface area contributed by atoms with E-state index in [0.717, 1.165) is 12.8 Å². The van der Waals surface area contributed by atoms with Crippen LogP contribution in [0, 0.1) is 11.8 Å². The molecule has 0 unspecified atom stereocenters. The number of benzene rings is 2. The lowest BCUT2D eigenvalue weighted by Gasteiger charge is -2.36. The predicted octanol–water partition coefficient (Wildman–Crippen LogP) is 4.52. The lowest BCUT2D eigenvalue weighted by molar-refractivity contribution is -0.161. The summed E-state index contributed by atoms with van der Waals surface area (Å²) in [6, 6.07) is 14.6. The van der Waals surface area contributed by atoms with Gasteiger partial charge in [0.2, 0.25) is 11.8 Å². The molecule has 4 heterocycles. The van der Waals surface area contributed by atoms with E-state index in [1.165, 1.54) is 0 Å². The van der Waals surface area contributed by atoms with Crippen LogP contribution < -0.4 is 10.2 Å². The van der Waals surface area contributed by atoms with E-state index in [9.17, 15) is 24.3 Å². The van der Waals surface area contributed by atoms with Crippen LogP contribution in [0.5, 0.6) is 0 Å². The summed E-state index contributed by atoms with van der Waals surface area (Å²) in [6.45, 7) is 2.31. The van der Waals surface area contributed by atoms with Crippen LogP contribution in [-0.2, 0) is 28.7 Å². The average molecular weight is 676 g/mol. The van der Waals surface area contributed by atoms with Gasteiger partial charge >= 0.3 is 5.97 Å². The van der Waals surface area contributed by atoms with E-state index in [4.69, 9.17) is 21.1 Å². The van der Waals surface area contributed by atoms with Gasteiger partial charge in [-0.15, -0.1) is 0 Å². The van der Waals surface area contributed by atoms with Crippen LogP contribution in [-0.4, -0.2) is 77.2 Å². The van der Waals surface area contributed by atoms with Gasteiger partial charge in [-0.05, 0) is 43.9 Å². The summed E-state index contributed by atoms with van der Waals surface area (Å²) >= 11 is 6.65. The Bertz CT molecular complexity index is 1580. The molecule has 4 aliphatic heterocycles. The first-order valence-corrected chi connectivity index (χ1v) is 17.2. The van der Waals surface area contributed by atoms with Gasteiger partial charge < -0.3 is 29.7 Å². The van der Waals surface area contributed by atoms with Gasteiger partial charge in [0.1, 0.15) is 23.7 Å². The Morgan fingerprint density at radius 2 is 1.71 bits per heavy atom. The molecular formula is C37H42ClN3O7. The number of hydrogen-bond acceptors (Lipinski definition) is 7. The van der Waals surface area contributed by atoms with E-state index >= 15 is 0 Å². The number of cyclic esters (lactones) is 1. The fourth-order valence-electron chi connectivity index (χ4n) is 7.55. The van der Waals surface area contributed by atoms with Crippen molar-refractivity contribution in [3.05, 3.63) is 89.5 Å². The summed E-state index contributed by atoms with van der Waals surface area (Å²) in [4.78, 5) is 59.7. The molecule has 5 bridgehead atoms. The van der Waals surface area contributed by atoms with Gasteiger partial charge in [-0.2, -0.15) is 0 Å². The Kier molecular flexibility index (Phi) is 10.3. The van der Waals surface area contributed by atoms with Crippen molar-refractivity contribution in [1.82, 2.24) is 10.2 Å². The highest BCUT2D eigenvalue weighted by Gasteiger charge is 2.73. The maximum Gasteiger partial charge on any atom is 0.313 e. The van der Waals surface area contributed by atoms with Crippen LogP contribution in [0.15, 0.2) is 78.9 Å².